The molecule has 0 radical (unpaired) electrons. The van der Waals surface area contributed by atoms with Gasteiger partial charge in [-0.25, -0.2) is 0 Å². The standard InChI is InChI=1S/C16H21F3N2OS/c1-11-2-4-14(23-10-16(17,18)19)13(8-11)21-15(22)5-3-12-6-7-20-9-12/h2,4,8,12,20H,3,5-7,9-10H2,1H3,(H,21,22). The van der Waals surface area contributed by atoms with Gasteiger partial charge >= 0.3 is 6.18 Å². The van der Waals surface area contributed by atoms with Crippen molar-refractivity contribution < 1.29 is 18.0 Å². The van der Waals surface area contributed by atoms with Crippen molar-refractivity contribution in [3.63, 3.8) is 0 Å². The lowest BCUT2D eigenvalue weighted by molar-refractivity contribution is -0.116. The van der Waals surface area contributed by atoms with Crippen LogP contribution in [0.2, 0.25) is 0 Å². The normalized spacial score (nSPS) is 18.2. The number of carbonyl (C=O) groups excluding carboxylic acids is 1. The summed E-state index contributed by atoms with van der Waals surface area (Å²) in [5.74, 6) is -0.596. The lowest BCUT2D eigenvalue weighted by Gasteiger charge is -2.14. The molecule has 1 aromatic rings. The fourth-order valence-corrected chi connectivity index (χ4v) is 3.28. The number of aryl methyl sites for hydroxylation is 1. The van der Waals surface area contributed by atoms with Crippen LogP contribution in [0.3, 0.4) is 0 Å². The predicted molar refractivity (Wildman–Crippen MR) is 86.8 cm³/mol. The molecule has 1 aliphatic heterocycles. The van der Waals surface area contributed by atoms with E-state index in [4.69, 9.17) is 0 Å². The number of carbonyl (C=O) groups is 1. The van der Waals surface area contributed by atoms with Gasteiger partial charge in [-0.2, -0.15) is 13.2 Å². The van der Waals surface area contributed by atoms with Crippen molar-refractivity contribution in [2.24, 2.45) is 5.92 Å². The van der Waals surface area contributed by atoms with Crippen LogP contribution in [0.5, 0.6) is 0 Å². The van der Waals surface area contributed by atoms with Crippen LogP contribution in [-0.2, 0) is 4.79 Å². The predicted octanol–water partition coefficient (Wildman–Crippen LogP) is 3.98. The summed E-state index contributed by atoms with van der Waals surface area (Å²) in [4.78, 5) is 12.5. The minimum Gasteiger partial charge on any atom is -0.325 e. The number of alkyl halides is 3. The van der Waals surface area contributed by atoms with Crippen LogP contribution in [0.4, 0.5) is 18.9 Å². The minimum absolute atomic E-state index is 0.142. The van der Waals surface area contributed by atoms with Gasteiger partial charge in [0.25, 0.3) is 0 Å². The van der Waals surface area contributed by atoms with E-state index < -0.39 is 11.9 Å². The maximum absolute atomic E-state index is 12.4. The van der Waals surface area contributed by atoms with Crippen LogP contribution < -0.4 is 10.6 Å². The number of thioether (sulfide) groups is 1. The summed E-state index contributed by atoms with van der Waals surface area (Å²) in [5.41, 5.74) is 1.37. The van der Waals surface area contributed by atoms with E-state index >= 15 is 0 Å². The van der Waals surface area contributed by atoms with Crippen LogP contribution in [0.25, 0.3) is 0 Å². The number of benzene rings is 1. The van der Waals surface area contributed by atoms with Crippen molar-refractivity contribution >= 4 is 23.4 Å². The van der Waals surface area contributed by atoms with E-state index in [0.717, 1.165) is 31.5 Å². The van der Waals surface area contributed by atoms with Gasteiger partial charge in [-0.3, -0.25) is 4.79 Å². The molecule has 1 aromatic carbocycles. The first kappa shape index (κ1) is 18.1. The number of hydrogen-bond donors (Lipinski definition) is 2. The highest BCUT2D eigenvalue weighted by Gasteiger charge is 2.27. The molecule has 0 bridgehead atoms. The molecular formula is C16H21F3N2OS. The second-order valence-electron chi connectivity index (χ2n) is 5.85. The first-order valence-corrected chi connectivity index (χ1v) is 8.63. The largest absolute Gasteiger partial charge is 0.398 e. The number of amides is 1. The Kier molecular flexibility index (Phi) is 6.35. The van der Waals surface area contributed by atoms with Gasteiger partial charge in [-0.1, -0.05) is 6.07 Å². The van der Waals surface area contributed by atoms with E-state index in [1.165, 1.54) is 0 Å². The average Bonchev–Trinajstić information content (AvgIpc) is 2.96. The van der Waals surface area contributed by atoms with Crippen molar-refractivity contribution in [2.75, 3.05) is 24.2 Å². The SMILES string of the molecule is Cc1ccc(SCC(F)(F)F)c(NC(=O)CCC2CCNC2)c1. The van der Waals surface area contributed by atoms with Gasteiger partial charge in [0.1, 0.15) is 0 Å². The highest BCUT2D eigenvalue weighted by molar-refractivity contribution is 7.99. The summed E-state index contributed by atoms with van der Waals surface area (Å²) >= 11 is 0.698. The topological polar surface area (TPSA) is 41.1 Å². The molecule has 0 spiro atoms. The second kappa shape index (κ2) is 8.06. The highest BCUT2D eigenvalue weighted by Crippen LogP contribution is 2.33. The molecule has 3 nitrogen and oxygen atoms in total. The highest BCUT2D eigenvalue weighted by atomic mass is 32.2. The van der Waals surface area contributed by atoms with Gasteiger partial charge in [0, 0.05) is 11.3 Å². The molecule has 7 heteroatoms. The van der Waals surface area contributed by atoms with Gasteiger partial charge in [-0.15, -0.1) is 11.8 Å². The molecule has 23 heavy (non-hydrogen) atoms. The molecule has 2 rings (SSSR count). The van der Waals surface area contributed by atoms with Crippen molar-refractivity contribution in [1.82, 2.24) is 5.32 Å². The van der Waals surface area contributed by atoms with E-state index in [-0.39, 0.29) is 5.91 Å². The van der Waals surface area contributed by atoms with Crippen LogP contribution in [0.1, 0.15) is 24.8 Å². The quantitative estimate of drug-likeness (QED) is 0.766. The Balaban J connectivity index is 1.93. The molecule has 128 valence electrons. The molecule has 1 atom stereocenters. The molecule has 2 N–H and O–H groups in total. The summed E-state index contributed by atoms with van der Waals surface area (Å²) in [6.45, 7) is 3.77. The number of rotatable bonds is 6. The fourth-order valence-electron chi connectivity index (χ4n) is 2.54. The van der Waals surface area contributed by atoms with Crippen molar-refractivity contribution in [2.45, 2.75) is 37.3 Å². The van der Waals surface area contributed by atoms with E-state index in [0.29, 0.717) is 34.7 Å². The molecule has 1 aliphatic rings. The minimum atomic E-state index is -4.23. The van der Waals surface area contributed by atoms with Crippen LogP contribution in [0.15, 0.2) is 23.1 Å². The lowest BCUT2D eigenvalue weighted by Crippen LogP contribution is -2.16. The smallest absolute Gasteiger partial charge is 0.325 e. The second-order valence-corrected chi connectivity index (χ2v) is 6.87. The third kappa shape index (κ3) is 6.43. The molecule has 0 saturated carbocycles. The van der Waals surface area contributed by atoms with Crippen LogP contribution in [0, 0.1) is 12.8 Å². The first-order chi connectivity index (χ1) is 10.8. The van der Waals surface area contributed by atoms with Gasteiger partial charge in [0.2, 0.25) is 5.91 Å². The van der Waals surface area contributed by atoms with Crippen LogP contribution in [-0.4, -0.2) is 30.9 Å². The number of halogens is 3. The fraction of sp³-hybridized carbons (Fsp3) is 0.562. The van der Waals surface area contributed by atoms with Gasteiger partial charge in [0.05, 0.1) is 11.4 Å². The van der Waals surface area contributed by atoms with Crippen molar-refractivity contribution in [1.29, 1.82) is 0 Å². The molecule has 1 fully saturated rings. The third-order valence-electron chi connectivity index (χ3n) is 3.74. The Bertz CT molecular complexity index is 543. The average molecular weight is 346 g/mol. The molecule has 1 amide bonds. The molecular weight excluding hydrogens is 325 g/mol. The maximum Gasteiger partial charge on any atom is 0.398 e. The Labute approximate surface area is 138 Å². The summed E-state index contributed by atoms with van der Waals surface area (Å²) in [6, 6.07) is 5.09. The number of nitrogens with one attached hydrogen (secondary N) is 2. The van der Waals surface area contributed by atoms with Gasteiger partial charge in [0.15, 0.2) is 0 Å². The number of anilines is 1. The van der Waals surface area contributed by atoms with Crippen molar-refractivity contribution in [3.8, 4) is 0 Å². The van der Waals surface area contributed by atoms with E-state index in [9.17, 15) is 18.0 Å². The molecule has 0 aromatic heterocycles. The van der Waals surface area contributed by atoms with E-state index in [1.807, 2.05) is 6.92 Å². The number of hydrogen-bond acceptors (Lipinski definition) is 3. The van der Waals surface area contributed by atoms with Gasteiger partial charge < -0.3 is 10.6 Å². The van der Waals surface area contributed by atoms with Crippen molar-refractivity contribution in [3.05, 3.63) is 23.8 Å². The van der Waals surface area contributed by atoms with E-state index in [2.05, 4.69) is 10.6 Å². The Morgan fingerprint density at radius 3 is 2.87 bits per heavy atom. The zero-order valence-corrected chi connectivity index (χ0v) is 13.8. The maximum atomic E-state index is 12.4. The lowest BCUT2D eigenvalue weighted by atomic mass is 10.0. The Morgan fingerprint density at radius 1 is 1.43 bits per heavy atom. The zero-order chi connectivity index (χ0) is 16.9. The van der Waals surface area contributed by atoms with Crippen LogP contribution >= 0.6 is 11.8 Å². The molecule has 0 aliphatic carbocycles. The third-order valence-corrected chi connectivity index (χ3v) is 4.88. The van der Waals surface area contributed by atoms with Gasteiger partial charge in [-0.05, 0) is 56.5 Å². The summed E-state index contributed by atoms with van der Waals surface area (Å²) < 4.78 is 37.2. The summed E-state index contributed by atoms with van der Waals surface area (Å²) in [5, 5.41) is 6.02. The molecule has 1 heterocycles. The Morgan fingerprint density at radius 2 is 2.22 bits per heavy atom. The van der Waals surface area contributed by atoms with E-state index in [1.54, 1.807) is 18.2 Å². The Hall–Kier alpha value is -1.21. The monoisotopic (exact) mass is 346 g/mol. The zero-order valence-electron chi connectivity index (χ0n) is 13.0. The molecule has 1 saturated heterocycles. The first-order valence-electron chi connectivity index (χ1n) is 7.64. The molecule has 1 unspecified atom stereocenters. The summed E-state index contributed by atoms with van der Waals surface area (Å²) in [7, 11) is 0. The summed E-state index contributed by atoms with van der Waals surface area (Å²) in [6.07, 6.45) is -1.96.